The molecule has 1 aromatic carbocycles. The molecule has 122 valence electrons. The third-order valence-electron chi connectivity index (χ3n) is 3.47. The van der Waals surface area contributed by atoms with E-state index in [1.165, 1.54) is 21.3 Å². The summed E-state index contributed by atoms with van der Waals surface area (Å²) in [5, 5.41) is 8.88. The Morgan fingerprint density at radius 1 is 1.36 bits per heavy atom. The fourth-order valence-corrected chi connectivity index (χ4v) is 3.65. The molecule has 1 saturated heterocycles. The summed E-state index contributed by atoms with van der Waals surface area (Å²) in [6.45, 7) is 1.41. The summed E-state index contributed by atoms with van der Waals surface area (Å²) in [6, 6.07) is 5.97. The molecule has 0 saturated carbocycles. The van der Waals surface area contributed by atoms with Crippen LogP contribution in [0.2, 0.25) is 0 Å². The number of aliphatic hydroxyl groups excluding tert-OH is 1. The van der Waals surface area contributed by atoms with Crippen molar-refractivity contribution in [2.45, 2.75) is 4.90 Å². The number of rotatable bonds is 5. The summed E-state index contributed by atoms with van der Waals surface area (Å²) in [6.07, 6.45) is 0. The minimum atomic E-state index is -3.62. The van der Waals surface area contributed by atoms with Crippen LogP contribution < -0.4 is 0 Å². The number of carbonyl (C=O) groups is 1. The van der Waals surface area contributed by atoms with Crippen molar-refractivity contribution in [1.82, 2.24) is 9.21 Å². The molecule has 0 radical (unpaired) electrons. The monoisotopic (exact) mass is 328 g/mol. The van der Waals surface area contributed by atoms with Gasteiger partial charge < -0.3 is 14.7 Å². The first-order valence-corrected chi connectivity index (χ1v) is 8.45. The second kappa shape index (κ2) is 7.19. The quantitative estimate of drug-likeness (QED) is 0.807. The molecule has 1 N–H and O–H groups in total. The number of hydrogen-bond acceptors (Lipinski definition) is 5. The highest BCUT2D eigenvalue weighted by Gasteiger charge is 2.27. The van der Waals surface area contributed by atoms with E-state index in [2.05, 4.69) is 0 Å². The zero-order chi connectivity index (χ0) is 16.2. The van der Waals surface area contributed by atoms with Crippen LogP contribution in [0.5, 0.6) is 0 Å². The molecule has 0 aliphatic carbocycles. The van der Waals surface area contributed by atoms with Crippen LogP contribution in [0.15, 0.2) is 29.2 Å². The number of nitrogens with zero attached hydrogens (tertiary/aromatic N) is 2. The lowest BCUT2D eigenvalue weighted by Crippen LogP contribution is -2.40. The molecule has 22 heavy (non-hydrogen) atoms. The maximum atomic E-state index is 12.6. The lowest BCUT2D eigenvalue weighted by atomic mass is 10.2. The average Bonchev–Trinajstić information content (AvgIpc) is 2.55. The third-order valence-corrected chi connectivity index (χ3v) is 5.37. The van der Waals surface area contributed by atoms with Crippen LogP contribution in [-0.4, -0.2) is 75.1 Å². The smallest absolute Gasteiger partial charge is 0.253 e. The Labute approximate surface area is 130 Å². The number of likely N-dealkylation sites (N-methyl/N-ethyl adjacent to an activating group) is 1. The Kier molecular flexibility index (Phi) is 5.52. The fraction of sp³-hybridized carbons (Fsp3) is 0.500. The van der Waals surface area contributed by atoms with Crippen molar-refractivity contribution in [3.63, 3.8) is 0 Å². The van der Waals surface area contributed by atoms with Gasteiger partial charge in [-0.3, -0.25) is 4.79 Å². The Morgan fingerprint density at radius 2 is 2.05 bits per heavy atom. The molecule has 1 fully saturated rings. The summed E-state index contributed by atoms with van der Waals surface area (Å²) < 4.78 is 31.6. The van der Waals surface area contributed by atoms with Gasteiger partial charge in [0.1, 0.15) is 0 Å². The van der Waals surface area contributed by atoms with Crippen molar-refractivity contribution in [3.05, 3.63) is 29.8 Å². The standard InChI is InChI=1S/C14H20N2O5S/c1-15(5-8-17)14(18)12-3-2-4-13(11-12)22(19,20)16-6-9-21-10-7-16/h2-4,11,17H,5-10H2,1H3. The maximum absolute atomic E-state index is 12.6. The third kappa shape index (κ3) is 3.64. The molecule has 1 aliphatic rings. The van der Waals surface area contributed by atoms with Gasteiger partial charge in [0.2, 0.25) is 10.0 Å². The van der Waals surface area contributed by atoms with E-state index in [1.807, 2.05) is 0 Å². The lowest BCUT2D eigenvalue weighted by molar-refractivity contribution is 0.0730. The molecule has 0 aromatic heterocycles. The second-order valence-corrected chi connectivity index (χ2v) is 6.93. The van der Waals surface area contributed by atoms with E-state index in [4.69, 9.17) is 9.84 Å². The normalized spacial score (nSPS) is 16.5. The number of morpholine rings is 1. The SMILES string of the molecule is CN(CCO)C(=O)c1cccc(S(=O)(=O)N2CCOCC2)c1. The van der Waals surface area contributed by atoms with Gasteiger partial charge in [0.05, 0.1) is 24.7 Å². The highest BCUT2D eigenvalue weighted by atomic mass is 32.2. The molecule has 1 aromatic rings. The first-order valence-electron chi connectivity index (χ1n) is 7.01. The zero-order valence-corrected chi connectivity index (χ0v) is 13.3. The Balaban J connectivity index is 2.25. The molecule has 2 rings (SSSR count). The number of ether oxygens (including phenoxy) is 1. The zero-order valence-electron chi connectivity index (χ0n) is 12.4. The molecule has 0 atom stereocenters. The van der Waals surface area contributed by atoms with Crippen LogP contribution in [0, 0.1) is 0 Å². The van der Waals surface area contributed by atoms with Crippen LogP contribution in [0.25, 0.3) is 0 Å². The summed E-state index contributed by atoms with van der Waals surface area (Å²) in [7, 11) is -2.07. The molecule has 1 aliphatic heterocycles. The summed E-state index contributed by atoms with van der Waals surface area (Å²) in [5.41, 5.74) is 0.283. The molecule has 0 unspecified atom stereocenters. The van der Waals surface area contributed by atoms with Crippen LogP contribution in [0.3, 0.4) is 0 Å². The van der Waals surface area contributed by atoms with Crippen molar-refractivity contribution in [2.75, 3.05) is 46.5 Å². The number of amides is 1. The van der Waals surface area contributed by atoms with Gasteiger partial charge in [-0.25, -0.2) is 8.42 Å². The second-order valence-electron chi connectivity index (χ2n) is 4.99. The van der Waals surface area contributed by atoms with Crippen molar-refractivity contribution < 1.29 is 23.1 Å². The lowest BCUT2D eigenvalue weighted by Gasteiger charge is -2.26. The topological polar surface area (TPSA) is 87.2 Å². The number of benzene rings is 1. The highest BCUT2D eigenvalue weighted by molar-refractivity contribution is 7.89. The van der Waals surface area contributed by atoms with Gasteiger partial charge in [-0.1, -0.05) is 6.07 Å². The highest BCUT2D eigenvalue weighted by Crippen LogP contribution is 2.19. The molecule has 1 amide bonds. The van der Waals surface area contributed by atoms with Gasteiger partial charge in [-0.15, -0.1) is 0 Å². The molecular formula is C14H20N2O5S. The van der Waals surface area contributed by atoms with Gasteiger partial charge in [0, 0.05) is 32.2 Å². The minimum absolute atomic E-state index is 0.0950. The molecule has 0 spiro atoms. The van der Waals surface area contributed by atoms with Crippen LogP contribution in [-0.2, 0) is 14.8 Å². The van der Waals surface area contributed by atoms with E-state index in [0.29, 0.717) is 26.3 Å². The first-order chi connectivity index (χ1) is 10.5. The predicted molar refractivity (Wildman–Crippen MR) is 80.1 cm³/mol. The van der Waals surface area contributed by atoms with Crippen LogP contribution in [0.4, 0.5) is 0 Å². The molecule has 8 heteroatoms. The number of carbonyl (C=O) groups excluding carboxylic acids is 1. The number of aliphatic hydroxyl groups is 1. The van der Waals surface area contributed by atoms with Crippen molar-refractivity contribution in [2.24, 2.45) is 0 Å². The van der Waals surface area contributed by atoms with E-state index >= 15 is 0 Å². The van der Waals surface area contributed by atoms with E-state index in [0.717, 1.165) is 0 Å². The predicted octanol–water partition coefficient (Wildman–Crippen LogP) is -0.228. The summed E-state index contributed by atoms with van der Waals surface area (Å²) in [4.78, 5) is 13.6. The first kappa shape index (κ1) is 16.9. The van der Waals surface area contributed by atoms with E-state index in [-0.39, 0.29) is 29.5 Å². The fourth-order valence-electron chi connectivity index (χ4n) is 2.20. The maximum Gasteiger partial charge on any atom is 0.253 e. The summed E-state index contributed by atoms with van der Waals surface area (Å²) in [5.74, 6) is -0.326. The van der Waals surface area contributed by atoms with Crippen molar-refractivity contribution in [1.29, 1.82) is 0 Å². The Morgan fingerprint density at radius 3 is 2.68 bits per heavy atom. The molecule has 1 heterocycles. The van der Waals surface area contributed by atoms with Crippen LogP contribution in [0.1, 0.15) is 10.4 Å². The van der Waals surface area contributed by atoms with E-state index in [9.17, 15) is 13.2 Å². The van der Waals surface area contributed by atoms with Crippen molar-refractivity contribution >= 4 is 15.9 Å². The molecular weight excluding hydrogens is 308 g/mol. The Hall–Kier alpha value is -1.48. The van der Waals surface area contributed by atoms with Crippen LogP contribution >= 0.6 is 0 Å². The van der Waals surface area contributed by atoms with Gasteiger partial charge in [0.25, 0.3) is 5.91 Å². The minimum Gasteiger partial charge on any atom is -0.395 e. The number of sulfonamides is 1. The van der Waals surface area contributed by atoms with E-state index in [1.54, 1.807) is 19.2 Å². The van der Waals surface area contributed by atoms with Crippen molar-refractivity contribution in [3.8, 4) is 0 Å². The molecule has 7 nitrogen and oxygen atoms in total. The van der Waals surface area contributed by atoms with Gasteiger partial charge in [0.15, 0.2) is 0 Å². The van der Waals surface area contributed by atoms with Gasteiger partial charge in [-0.05, 0) is 18.2 Å². The Bertz CT molecular complexity index is 626. The average molecular weight is 328 g/mol. The van der Waals surface area contributed by atoms with Gasteiger partial charge >= 0.3 is 0 Å². The molecule has 0 bridgehead atoms. The number of hydrogen-bond donors (Lipinski definition) is 1. The summed E-state index contributed by atoms with van der Waals surface area (Å²) >= 11 is 0. The largest absolute Gasteiger partial charge is 0.395 e. The van der Waals surface area contributed by atoms with Gasteiger partial charge in [-0.2, -0.15) is 4.31 Å². The van der Waals surface area contributed by atoms with E-state index < -0.39 is 10.0 Å².